The van der Waals surface area contributed by atoms with Gasteiger partial charge < -0.3 is 4.42 Å². The molecule has 5 aromatic rings. The van der Waals surface area contributed by atoms with Crippen molar-refractivity contribution in [1.29, 1.82) is 0 Å². The van der Waals surface area contributed by atoms with Gasteiger partial charge in [0.25, 0.3) is 0 Å². The van der Waals surface area contributed by atoms with Gasteiger partial charge in [-0.1, -0.05) is 70.2 Å². The second-order valence-corrected chi connectivity index (χ2v) is 10.8. The minimum Gasteiger partial charge on any atom is -0.453 e. The molecule has 2 nitrogen and oxygen atoms in total. The summed E-state index contributed by atoms with van der Waals surface area (Å²) in [6.07, 6.45) is 4.29. The smallest absolute Gasteiger partial charge is 0.161 e. The molecule has 0 aliphatic heterocycles. The van der Waals surface area contributed by atoms with Gasteiger partial charge in [-0.2, -0.15) is 0 Å². The molecule has 2 heterocycles. The largest absolute Gasteiger partial charge is 0.453 e. The molecule has 0 radical (unpaired) electrons. The van der Waals surface area contributed by atoms with Crippen LogP contribution in [0.15, 0.2) is 65.2 Å². The number of nitrogens with zero attached hydrogens (tertiary/aromatic N) is 1. The highest BCUT2D eigenvalue weighted by Gasteiger charge is 2.40. The maximum atomic E-state index is 6.80. The molecular weight excluding hydrogens is 390 g/mol. The highest BCUT2D eigenvalue weighted by Crippen LogP contribution is 2.51. The molecule has 160 valence electrons. The van der Waals surface area contributed by atoms with Crippen molar-refractivity contribution in [1.82, 2.24) is 4.98 Å². The second-order valence-electron chi connectivity index (χ2n) is 10.8. The number of aryl methyl sites for hydroxylation is 1. The van der Waals surface area contributed by atoms with Crippen LogP contribution in [0, 0.1) is 6.92 Å². The van der Waals surface area contributed by atoms with Crippen LogP contribution in [0.4, 0.5) is 0 Å². The predicted molar refractivity (Wildman–Crippen MR) is 134 cm³/mol. The Kier molecular flexibility index (Phi) is 3.94. The predicted octanol–water partition coefficient (Wildman–Crippen LogP) is 8.46. The molecule has 0 N–H and O–H groups in total. The molecular formula is C30H29NO. The quantitative estimate of drug-likeness (QED) is 0.272. The van der Waals surface area contributed by atoms with E-state index in [2.05, 4.69) is 89.2 Å². The van der Waals surface area contributed by atoms with E-state index in [9.17, 15) is 0 Å². The van der Waals surface area contributed by atoms with Gasteiger partial charge in [-0.3, -0.25) is 4.98 Å². The summed E-state index contributed by atoms with van der Waals surface area (Å²) in [7, 11) is 0. The molecule has 0 bridgehead atoms. The Morgan fingerprint density at radius 1 is 0.812 bits per heavy atom. The van der Waals surface area contributed by atoms with E-state index >= 15 is 0 Å². The maximum absolute atomic E-state index is 6.80. The maximum Gasteiger partial charge on any atom is 0.161 e. The van der Waals surface area contributed by atoms with Crippen LogP contribution in [0.1, 0.15) is 57.2 Å². The molecule has 0 fully saturated rings. The van der Waals surface area contributed by atoms with Crippen LogP contribution in [0.2, 0.25) is 0 Å². The molecule has 32 heavy (non-hydrogen) atoms. The van der Waals surface area contributed by atoms with Gasteiger partial charge in [0, 0.05) is 28.1 Å². The molecule has 2 heteroatoms. The summed E-state index contributed by atoms with van der Waals surface area (Å²) in [5, 5.41) is 4.87. The molecule has 0 saturated carbocycles. The Hall–Kier alpha value is -3.13. The van der Waals surface area contributed by atoms with Crippen molar-refractivity contribution < 1.29 is 4.42 Å². The SMILES string of the molecule is Cc1cc2c(c3oc4c(-c5ccc6ccccc6c5)nccc4c13)C(C)(C)CCC2(C)C. The van der Waals surface area contributed by atoms with Crippen molar-refractivity contribution in [3.63, 3.8) is 0 Å². The van der Waals surface area contributed by atoms with Crippen LogP contribution >= 0.6 is 0 Å². The van der Waals surface area contributed by atoms with Gasteiger partial charge in [0.2, 0.25) is 0 Å². The first-order valence-corrected chi connectivity index (χ1v) is 11.6. The highest BCUT2D eigenvalue weighted by atomic mass is 16.3. The van der Waals surface area contributed by atoms with Gasteiger partial charge in [0.05, 0.1) is 0 Å². The number of benzene rings is 3. The summed E-state index contributed by atoms with van der Waals surface area (Å²) in [5.74, 6) is 0. The molecule has 6 rings (SSSR count). The zero-order valence-electron chi connectivity index (χ0n) is 19.5. The van der Waals surface area contributed by atoms with Crippen molar-refractivity contribution in [3.05, 3.63) is 77.5 Å². The lowest BCUT2D eigenvalue weighted by Gasteiger charge is -2.41. The van der Waals surface area contributed by atoms with Crippen molar-refractivity contribution in [2.75, 3.05) is 0 Å². The second kappa shape index (κ2) is 6.45. The lowest BCUT2D eigenvalue weighted by atomic mass is 9.62. The van der Waals surface area contributed by atoms with Crippen LogP contribution in [-0.4, -0.2) is 4.98 Å². The third-order valence-electron chi connectivity index (χ3n) is 7.66. The zero-order valence-corrected chi connectivity index (χ0v) is 19.5. The van der Waals surface area contributed by atoms with E-state index in [1.807, 2.05) is 6.20 Å². The van der Waals surface area contributed by atoms with Crippen LogP contribution in [0.3, 0.4) is 0 Å². The number of hydrogen-bond acceptors (Lipinski definition) is 2. The van der Waals surface area contributed by atoms with Gasteiger partial charge in [0.15, 0.2) is 5.58 Å². The zero-order chi connectivity index (χ0) is 22.3. The van der Waals surface area contributed by atoms with Gasteiger partial charge in [-0.25, -0.2) is 0 Å². The molecule has 0 saturated heterocycles. The van der Waals surface area contributed by atoms with Crippen LogP contribution in [0.25, 0.3) is 44.0 Å². The molecule has 0 unspecified atom stereocenters. The van der Waals surface area contributed by atoms with Gasteiger partial charge in [0.1, 0.15) is 11.3 Å². The third-order valence-corrected chi connectivity index (χ3v) is 7.66. The number of hydrogen-bond donors (Lipinski definition) is 0. The summed E-state index contributed by atoms with van der Waals surface area (Å²) < 4.78 is 6.80. The number of rotatable bonds is 1. The van der Waals surface area contributed by atoms with Crippen LogP contribution < -0.4 is 0 Å². The molecule has 0 amide bonds. The summed E-state index contributed by atoms with van der Waals surface area (Å²) in [6.45, 7) is 11.7. The first kappa shape index (κ1) is 19.5. The lowest BCUT2D eigenvalue weighted by Crippen LogP contribution is -2.34. The fraction of sp³-hybridized carbons (Fsp3) is 0.300. The summed E-state index contributed by atoms with van der Waals surface area (Å²) >= 11 is 0. The van der Waals surface area contributed by atoms with Gasteiger partial charge >= 0.3 is 0 Å². The molecule has 0 spiro atoms. The van der Waals surface area contributed by atoms with Crippen molar-refractivity contribution >= 4 is 32.7 Å². The fourth-order valence-corrected chi connectivity index (χ4v) is 5.71. The molecule has 0 atom stereocenters. The van der Waals surface area contributed by atoms with Crippen LogP contribution in [0.5, 0.6) is 0 Å². The summed E-state index contributed by atoms with van der Waals surface area (Å²) in [6, 6.07) is 19.6. The number of pyridine rings is 1. The first-order chi connectivity index (χ1) is 15.3. The van der Waals surface area contributed by atoms with Crippen molar-refractivity contribution in [3.8, 4) is 11.3 Å². The average Bonchev–Trinajstić information content (AvgIpc) is 3.16. The van der Waals surface area contributed by atoms with E-state index in [4.69, 9.17) is 9.40 Å². The lowest BCUT2D eigenvalue weighted by molar-refractivity contribution is 0.331. The Labute approximate surface area is 189 Å². The standard InChI is InChI=1S/C30H29NO/c1-18-16-23-25(30(4,5)14-13-29(23,2)3)28-24(18)22-12-15-31-26(27(22)32-28)21-11-10-19-8-6-7-9-20(19)17-21/h6-12,15-17H,13-14H2,1-5H3. The Morgan fingerprint density at radius 3 is 2.38 bits per heavy atom. The third kappa shape index (κ3) is 2.68. The van der Waals surface area contributed by atoms with Crippen LogP contribution in [-0.2, 0) is 10.8 Å². The van der Waals surface area contributed by atoms with E-state index in [0.717, 1.165) is 34.2 Å². The Bertz CT molecular complexity index is 1530. The fourth-order valence-electron chi connectivity index (χ4n) is 5.71. The normalized spacial score (nSPS) is 17.2. The summed E-state index contributed by atoms with van der Waals surface area (Å²) in [5.41, 5.74) is 8.33. The highest BCUT2D eigenvalue weighted by molar-refractivity contribution is 6.11. The molecule has 1 aliphatic carbocycles. The van der Waals surface area contributed by atoms with E-state index in [1.54, 1.807) is 0 Å². The first-order valence-electron chi connectivity index (χ1n) is 11.6. The molecule has 3 aromatic carbocycles. The minimum atomic E-state index is 0.0845. The number of furan rings is 1. The number of aromatic nitrogens is 1. The number of fused-ring (bicyclic) bond motifs is 6. The van der Waals surface area contributed by atoms with E-state index in [-0.39, 0.29) is 10.8 Å². The van der Waals surface area contributed by atoms with E-state index in [1.165, 1.54) is 39.3 Å². The van der Waals surface area contributed by atoms with Gasteiger partial charge in [-0.05, 0) is 64.6 Å². The molecule has 2 aromatic heterocycles. The Morgan fingerprint density at radius 2 is 1.56 bits per heavy atom. The van der Waals surface area contributed by atoms with Crippen molar-refractivity contribution in [2.24, 2.45) is 0 Å². The van der Waals surface area contributed by atoms with Gasteiger partial charge in [-0.15, -0.1) is 0 Å². The summed E-state index contributed by atoms with van der Waals surface area (Å²) in [4.78, 5) is 4.79. The Balaban J connectivity index is 1.70. The topological polar surface area (TPSA) is 26.0 Å². The monoisotopic (exact) mass is 419 g/mol. The average molecular weight is 420 g/mol. The van der Waals surface area contributed by atoms with E-state index < -0.39 is 0 Å². The minimum absolute atomic E-state index is 0.0845. The molecule has 1 aliphatic rings. The van der Waals surface area contributed by atoms with E-state index in [0.29, 0.717) is 0 Å². The van der Waals surface area contributed by atoms with Crippen molar-refractivity contribution in [2.45, 2.75) is 58.3 Å².